The predicted octanol–water partition coefficient (Wildman–Crippen LogP) is 4.72. The average molecular weight is 324 g/mol. The molecule has 1 aliphatic rings. The molecule has 0 spiro atoms. The molecule has 1 saturated carbocycles. The second-order valence-electron chi connectivity index (χ2n) is 6.24. The van der Waals surface area contributed by atoms with E-state index in [1.54, 1.807) is 0 Å². The first kappa shape index (κ1) is 16.4. The van der Waals surface area contributed by atoms with Crippen molar-refractivity contribution in [3.63, 3.8) is 0 Å². The largest absolute Gasteiger partial charge is 0.489 e. The van der Waals surface area contributed by atoms with Crippen molar-refractivity contribution in [2.45, 2.75) is 44.8 Å². The Labute approximate surface area is 143 Å². The van der Waals surface area contributed by atoms with Gasteiger partial charge in [0.05, 0.1) is 0 Å². The summed E-state index contributed by atoms with van der Waals surface area (Å²) in [5.41, 5.74) is 1.86. The molecule has 0 unspecified atom stereocenters. The zero-order valence-electron chi connectivity index (χ0n) is 13.8. The molecule has 0 aliphatic heterocycles. The summed E-state index contributed by atoms with van der Waals surface area (Å²) >= 11 is 0. The van der Waals surface area contributed by atoms with E-state index < -0.39 is 0 Å². The Balaban J connectivity index is 1.51. The Morgan fingerprint density at radius 3 is 2.58 bits per heavy atom. The van der Waals surface area contributed by atoms with Crippen LogP contribution in [0, 0.1) is 0 Å². The zero-order chi connectivity index (χ0) is 16.6. The lowest BCUT2D eigenvalue weighted by atomic mass is 9.96. The van der Waals surface area contributed by atoms with Crippen molar-refractivity contribution in [2.75, 3.05) is 5.32 Å². The predicted molar refractivity (Wildman–Crippen MR) is 96.2 cm³/mol. The average Bonchev–Trinajstić information content (AvgIpc) is 2.62. The number of hydrogen-bond donors (Lipinski definition) is 2. The number of nitrogens with one attached hydrogen (secondary N) is 2. The summed E-state index contributed by atoms with van der Waals surface area (Å²) in [6, 6.07) is 17.7. The third kappa shape index (κ3) is 5.01. The van der Waals surface area contributed by atoms with Crippen LogP contribution in [-0.2, 0) is 6.61 Å². The Morgan fingerprint density at radius 2 is 1.79 bits per heavy atom. The molecular formula is C20H24N2O2. The van der Waals surface area contributed by atoms with Crippen molar-refractivity contribution in [2.24, 2.45) is 0 Å². The summed E-state index contributed by atoms with van der Waals surface area (Å²) in [4.78, 5) is 12.1. The van der Waals surface area contributed by atoms with E-state index in [1.807, 2.05) is 54.6 Å². The smallest absolute Gasteiger partial charge is 0.319 e. The third-order valence-corrected chi connectivity index (χ3v) is 4.28. The van der Waals surface area contributed by atoms with Crippen LogP contribution in [0.25, 0.3) is 0 Å². The van der Waals surface area contributed by atoms with Crippen LogP contribution in [0.3, 0.4) is 0 Å². The molecule has 24 heavy (non-hydrogen) atoms. The molecule has 1 aliphatic carbocycles. The highest BCUT2D eigenvalue weighted by Crippen LogP contribution is 2.20. The molecular weight excluding hydrogens is 300 g/mol. The number of anilines is 1. The fourth-order valence-electron chi connectivity index (χ4n) is 3.00. The van der Waals surface area contributed by atoms with E-state index in [9.17, 15) is 4.79 Å². The van der Waals surface area contributed by atoms with Crippen LogP contribution in [0.5, 0.6) is 5.75 Å². The number of benzene rings is 2. The van der Waals surface area contributed by atoms with Crippen LogP contribution >= 0.6 is 0 Å². The Morgan fingerprint density at radius 1 is 1.00 bits per heavy atom. The second-order valence-corrected chi connectivity index (χ2v) is 6.24. The number of rotatable bonds is 5. The Bertz CT molecular complexity index is 652. The minimum Gasteiger partial charge on any atom is -0.489 e. The SMILES string of the molecule is O=C(Nc1cccc(OCc2ccccc2)c1)NC1CCCCC1. The number of carbonyl (C=O) groups is 1. The molecule has 3 rings (SSSR count). The van der Waals surface area contributed by atoms with Gasteiger partial charge in [-0.05, 0) is 30.5 Å². The molecule has 0 heterocycles. The van der Waals surface area contributed by atoms with Gasteiger partial charge in [0.15, 0.2) is 0 Å². The Hall–Kier alpha value is -2.49. The van der Waals surface area contributed by atoms with Crippen LogP contribution < -0.4 is 15.4 Å². The molecule has 0 aromatic heterocycles. The summed E-state index contributed by atoms with van der Waals surface area (Å²) < 4.78 is 5.79. The first-order valence-corrected chi connectivity index (χ1v) is 8.64. The van der Waals surface area contributed by atoms with Gasteiger partial charge < -0.3 is 15.4 Å². The highest BCUT2D eigenvalue weighted by Gasteiger charge is 2.15. The van der Waals surface area contributed by atoms with Crippen molar-refractivity contribution in [1.82, 2.24) is 5.32 Å². The van der Waals surface area contributed by atoms with Crippen molar-refractivity contribution in [1.29, 1.82) is 0 Å². The van der Waals surface area contributed by atoms with Gasteiger partial charge in [0.1, 0.15) is 12.4 Å². The quantitative estimate of drug-likeness (QED) is 0.836. The van der Waals surface area contributed by atoms with Crippen LogP contribution in [0.15, 0.2) is 54.6 Å². The van der Waals surface area contributed by atoms with Gasteiger partial charge in [-0.1, -0.05) is 55.7 Å². The maximum absolute atomic E-state index is 12.1. The molecule has 0 saturated heterocycles. The minimum atomic E-state index is -0.137. The summed E-state index contributed by atoms with van der Waals surface area (Å²) in [5.74, 6) is 0.745. The molecule has 2 amide bonds. The zero-order valence-corrected chi connectivity index (χ0v) is 13.8. The summed E-state index contributed by atoms with van der Waals surface area (Å²) in [6.07, 6.45) is 5.84. The van der Waals surface area contributed by atoms with Crippen LogP contribution in [0.4, 0.5) is 10.5 Å². The Kier molecular flexibility index (Phi) is 5.72. The maximum atomic E-state index is 12.1. The first-order chi connectivity index (χ1) is 11.8. The molecule has 4 nitrogen and oxygen atoms in total. The summed E-state index contributed by atoms with van der Waals surface area (Å²) in [7, 11) is 0. The first-order valence-electron chi connectivity index (χ1n) is 8.64. The fraction of sp³-hybridized carbons (Fsp3) is 0.350. The molecule has 126 valence electrons. The minimum absolute atomic E-state index is 0.137. The van der Waals surface area contributed by atoms with Crippen molar-refractivity contribution >= 4 is 11.7 Å². The van der Waals surface area contributed by atoms with E-state index in [0.717, 1.165) is 29.8 Å². The van der Waals surface area contributed by atoms with Crippen molar-refractivity contribution in [3.8, 4) is 5.75 Å². The maximum Gasteiger partial charge on any atom is 0.319 e. The summed E-state index contributed by atoms with van der Waals surface area (Å²) in [6.45, 7) is 0.512. The van der Waals surface area contributed by atoms with Gasteiger partial charge in [-0.15, -0.1) is 0 Å². The van der Waals surface area contributed by atoms with Gasteiger partial charge in [0, 0.05) is 17.8 Å². The van der Waals surface area contributed by atoms with Crippen molar-refractivity contribution < 1.29 is 9.53 Å². The van der Waals surface area contributed by atoms with E-state index in [0.29, 0.717) is 12.6 Å². The van der Waals surface area contributed by atoms with E-state index in [2.05, 4.69) is 10.6 Å². The number of ether oxygens (including phenoxy) is 1. The number of urea groups is 1. The second kappa shape index (κ2) is 8.39. The molecule has 0 bridgehead atoms. The normalized spacial score (nSPS) is 14.8. The van der Waals surface area contributed by atoms with Gasteiger partial charge in [0.25, 0.3) is 0 Å². The molecule has 0 atom stereocenters. The topological polar surface area (TPSA) is 50.4 Å². The van der Waals surface area contributed by atoms with Crippen LogP contribution in [0.1, 0.15) is 37.7 Å². The van der Waals surface area contributed by atoms with Crippen LogP contribution in [-0.4, -0.2) is 12.1 Å². The molecule has 2 aromatic rings. The number of carbonyl (C=O) groups excluding carboxylic acids is 1. The van der Waals surface area contributed by atoms with E-state index in [4.69, 9.17) is 4.74 Å². The standard InChI is InChI=1S/C20H24N2O2/c23-20(21-17-10-5-2-6-11-17)22-18-12-7-13-19(14-18)24-15-16-8-3-1-4-9-16/h1,3-4,7-9,12-14,17H,2,5-6,10-11,15H2,(H2,21,22,23). The van der Waals surface area contributed by atoms with Gasteiger partial charge in [-0.3, -0.25) is 0 Å². The van der Waals surface area contributed by atoms with E-state index >= 15 is 0 Å². The lowest BCUT2D eigenvalue weighted by Crippen LogP contribution is -2.38. The molecule has 2 N–H and O–H groups in total. The van der Waals surface area contributed by atoms with Gasteiger partial charge in [0.2, 0.25) is 0 Å². The molecule has 0 radical (unpaired) electrons. The third-order valence-electron chi connectivity index (χ3n) is 4.28. The lowest BCUT2D eigenvalue weighted by Gasteiger charge is -2.22. The highest BCUT2D eigenvalue weighted by molar-refractivity contribution is 5.89. The van der Waals surface area contributed by atoms with Gasteiger partial charge >= 0.3 is 6.03 Å². The highest BCUT2D eigenvalue weighted by atomic mass is 16.5. The molecule has 4 heteroatoms. The van der Waals surface area contributed by atoms with E-state index in [-0.39, 0.29) is 6.03 Å². The molecule has 2 aromatic carbocycles. The van der Waals surface area contributed by atoms with Gasteiger partial charge in [-0.2, -0.15) is 0 Å². The number of amides is 2. The van der Waals surface area contributed by atoms with Crippen LogP contribution in [0.2, 0.25) is 0 Å². The fourth-order valence-corrected chi connectivity index (χ4v) is 3.00. The number of hydrogen-bond acceptors (Lipinski definition) is 2. The van der Waals surface area contributed by atoms with E-state index in [1.165, 1.54) is 19.3 Å². The summed E-state index contributed by atoms with van der Waals surface area (Å²) in [5, 5.41) is 5.95. The van der Waals surface area contributed by atoms with Gasteiger partial charge in [-0.25, -0.2) is 4.79 Å². The molecule has 1 fully saturated rings. The monoisotopic (exact) mass is 324 g/mol. The van der Waals surface area contributed by atoms with Crippen molar-refractivity contribution in [3.05, 3.63) is 60.2 Å². The lowest BCUT2D eigenvalue weighted by molar-refractivity contribution is 0.244.